The van der Waals surface area contributed by atoms with Crippen molar-refractivity contribution in [3.63, 3.8) is 0 Å². The average molecular weight is 371 g/mol. The van der Waals surface area contributed by atoms with Gasteiger partial charge in [0, 0.05) is 25.7 Å². The molecule has 21 heavy (non-hydrogen) atoms. The highest BCUT2D eigenvalue weighted by Crippen LogP contribution is 2.37. The SMILES string of the molecule is COCCCOCCOc1ccc(CBr)cc1C(F)(F)F. The van der Waals surface area contributed by atoms with Gasteiger partial charge in [-0.2, -0.15) is 13.2 Å². The number of hydrogen-bond donors (Lipinski definition) is 0. The summed E-state index contributed by atoms with van der Waals surface area (Å²) in [6.07, 6.45) is -3.70. The molecule has 7 heteroatoms. The number of hydrogen-bond acceptors (Lipinski definition) is 3. The molecule has 0 atom stereocenters. The van der Waals surface area contributed by atoms with E-state index in [2.05, 4.69) is 15.9 Å². The van der Waals surface area contributed by atoms with Crippen LogP contribution in [0.3, 0.4) is 0 Å². The third kappa shape index (κ3) is 6.67. The van der Waals surface area contributed by atoms with E-state index in [1.54, 1.807) is 13.2 Å². The standard InChI is InChI=1S/C14H18BrF3O3/c1-19-5-2-6-20-7-8-21-13-4-3-11(10-15)9-12(13)14(16,17)18/h3-4,9H,2,5-8,10H2,1H3. The smallest absolute Gasteiger partial charge is 0.419 e. The summed E-state index contributed by atoms with van der Waals surface area (Å²) in [6.45, 7) is 1.39. The molecule has 0 saturated carbocycles. The zero-order chi connectivity index (χ0) is 15.7. The van der Waals surface area contributed by atoms with Gasteiger partial charge in [0.2, 0.25) is 0 Å². The second-order valence-electron chi connectivity index (χ2n) is 4.27. The van der Waals surface area contributed by atoms with Gasteiger partial charge in [-0.05, 0) is 24.1 Å². The topological polar surface area (TPSA) is 27.7 Å². The van der Waals surface area contributed by atoms with Crippen molar-refractivity contribution in [2.75, 3.05) is 33.5 Å². The first-order chi connectivity index (χ1) is 9.99. The molecule has 0 saturated heterocycles. The molecule has 0 heterocycles. The number of methoxy groups -OCH3 is 1. The molecule has 0 bridgehead atoms. The molecular weight excluding hydrogens is 353 g/mol. The molecule has 120 valence electrons. The van der Waals surface area contributed by atoms with E-state index in [4.69, 9.17) is 14.2 Å². The van der Waals surface area contributed by atoms with Crippen LogP contribution in [0.25, 0.3) is 0 Å². The fourth-order valence-corrected chi connectivity index (χ4v) is 1.97. The number of halogens is 4. The van der Waals surface area contributed by atoms with Crippen LogP contribution >= 0.6 is 15.9 Å². The maximum Gasteiger partial charge on any atom is 0.419 e. The van der Waals surface area contributed by atoms with Crippen LogP contribution in [0.15, 0.2) is 18.2 Å². The summed E-state index contributed by atoms with van der Waals surface area (Å²) in [5.74, 6) is -0.173. The lowest BCUT2D eigenvalue weighted by atomic mass is 10.1. The first-order valence-electron chi connectivity index (χ1n) is 6.44. The zero-order valence-corrected chi connectivity index (χ0v) is 13.3. The number of ether oxygens (including phenoxy) is 3. The highest BCUT2D eigenvalue weighted by atomic mass is 79.9. The maximum atomic E-state index is 12.9. The van der Waals surface area contributed by atoms with Crippen molar-refractivity contribution < 1.29 is 27.4 Å². The summed E-state index contributed by atoms with van der Waals surface area (Å²) in [5, 5.41) is 0.360. The molecule has 1 rings (SSSR count). The minimum atomic E-state index is -4.44. The van der Waals surface area contributed by atoms with Crippen molar-refractivity contribution in [3.05, 3.63) is 29.3 Å². The Labute approximate surface area is 130 Å². The van der Waals surface area contributed by atoms with Gasteiger partial charge in [-0.1, -0.05) is 22.0 Å². The van der Waals surface area contributed by atoms with Gasteiger partial charge in [0.05, 0.1) is 12.2 Å². The summed E-state index contributed by atoms with van der Waals surface area (Å²) in [7, 11) is 1.60. The first-order valence-corrected chi connectivity index (χ1v) is 7.56. The predicted molar refractivity (Wildman–Crippen MR) is 76.9 cm³/mol. The lowest BCUT2D eigenvalue weighted by Gasteiger charge is -2.15. The average Bonchev–Trinajstić information content (AvgIpc) is 2.45. The van der Waals surface area contributed by atoms with Gasteiger partial charge < -0.3 is 14.2 Å². The van der Waals surface area contributed by atoms with Crippen molar-refractivity contribution in [1.29, 1.82) is 0 Å². The minimum Gasteiger partial charge on any atom is -0.491 e. The first kappa shape index (κ1) is 18.3. The van der Waals surface area contributed by atoms with Crippen LogP contribution in [-0.4, -0.2) is 33.5 Å². The predicted octanol–water partition coefficient (Wildman–Crippen LogP) is 4.03. The van der Waals surface area contributed by atoms with E-state index >= 15 is 0 Å². The van der Waals surface area contributed by atoms with E-state index in [-0.39, 0.29) is 19.0 Å². The zero-order valence-electron chi connectivity index (χ0n) is 11.7. The lowest BCUT2D eigenvalue weighted by molar-refractivity contribution is -0.139. The number of rotatable bonds is 9. The van der Waals surface area contributed by atoms with E-state index in [9.17, 15) is 13.2 Å². The molecule has 0 aliphatic carbocycles. The Balaban J connectivity index is 2.51. The fraction of sp³-hybridized carbons (Fsp3) is 0.571. The van der Waals surface area contributed by atoms with Crippen LogP contribution in [0.1, 0.15) is 17.5 Å². The third-order valence-corrected chi connectivity index (χ3v) is 3.27. The molecule has 0 unspecified atom stereocenters. The molecule has 1 aromatic carbocycles. The maximum absolute atomic E-state index is 12.9. The van der Waals surface area contributed by atoms with Crippen molar-refractivity contribution in [3.8, 4) is 5.75 Å². The van der Waals surface area contributed by atoms with Crippen LogP contribution in [0.4, 0.5) is 13.2 Å². The number of alkyl halides is 4. The largest absolute Gasteiger partial charge is 0.491 e. The highest BCUT2D eigenvalue weighted by molar-refractivity contribution is 9.08. The second kappa shape index (κ2) is 9.27. The van der Waals surface area contributed by atoms with Crippen molar-refractivity contribution in [1.82, 2.24) is 0 Å². The molecule has 0 amide bonds. The van der Waals surface area contributed by atoms with Crippen LogP contribution in [0.2, 0.25) is 0 Å². The van der Waals surface area contributed by atoms with E-state index in [0.29, 0.717) is 24.1 Å². The van der Waals surface area contributed by atoms with Gasteiger partial charge in [0.15, 0.2) is 0 Å². The summed E-state index contributed by atoms with van der Waals surface area (Å²) < 4.78 is 54.1. The summed E-state index contributed by atoms with van der Waals surface area (Å²) in [6, 6.07) is 4.02. The van der Waals surface area contributed by atoms with Gasteiger partial charge in [0.25, 0.3) is 0 Å². The van der Waals surface area contributed by atoms with Gasteiger partial charge in [-0.15, -0.1) is 0 Å². The Kier molecular flexibility index (Phi) is 8.06. The summed E-state index contributed by atoms with van der Waals surface area (Å²) in [5.41, 5.74) is -0.218. The molecular formula is C14H18BrF3O3. The Morgan fingerprint density at radius 1 is 1.10 bits per heavy atom. The minimum absolute atomic E-state index is 0.0731. The second-order valence-corrected chi connectivity index (χ2v) is 4.83. The molecule has 0 fully saturated rings. The van der Waals surface area contributed by atoms with Crippen LogP contribution in [0.5, 0.6) is 5.75 Å². The molecule has 3 nitrogen and oxygen atoms in total. The van der Waals surface area contributed by atoms with Crippen LogP contribution in [0, 0.1) is 0 Å². The van der Waals surface area contributed by atoms with Gasteiger partial charge in [-0.25, -0.2) is 0 Å². The van der Waals surface area contributed by atoms with E-state index < -0.39 is 11.7 Å². The molecule has 0 aliphatic rings. The molecule has 0 aromatic heterocycles. The summed E-state index contributed by atoms with van der Waals surface area (Å²) >= 11 is 3.14. The van der Waals surface area contributed by atoms with E-state index in [1.807, 2.05) is 0 Å². The van der Waals surface area contributed by atoms with Crippen LogP contribution < -0.4 is 4.74 Å². The van der Waals surface area contributed by atoms with Gasteiger partial charge in [-0.3, -0.25) is 0 Å². The monoisotopic (exact) mass is 370 g/mol. The Morgan fingerprint density at radius 3 is 2.48 bits per heavy atom. The Hall–Kier alpha value is -0.790. The third-order valence-electron chi connectivity index (χ3n) is 2.63. The van der Waals surface area contributed by atoms with Gasteiger partial charge in [0.1, 0.15) is 12.4 Å². The lowest BCUT2D eigenvalue weighted by Crippen LogP contribution is -2.13. The van der Waals surface area contributed by atoms with Crippen molar-refractivity contribution in [2.45, 2.75) is 17.9 Å². The molecule has 0 N–H and O–H groups in total. The van der Waals surface area contributed by atoms with Crippen LogP contribution in [-0.2, 0) is 21.0 Å². The number of benzene rings is 1. The molecule has 0 aliphatic heterocycles. The normalized spacial score (nSPS) is 11.7. The van der Waals surface area contributed by atoms with E-state index in [1.165, 1.54) is 6.07 Å². The quantitative estimate of drug-likeness (QED) is 0.485. The molecule has 0 spiro atoms. The van der Waals surface area contributed by atoms with E-state index in [0.717, 1.165) is 12.5 Å². The van der Waals surface area contributed by atoms with Crippen molar-refractivity contribution in [2.24, 2.45) is 0 Å². The Bertz CT molecular complexity index is 424. The molecule has 1 aromatic rings. The Morgan fingerprint density at radius 2 is 1.86 bits per heavy atom. The van der Waals surface area contributed by atoms with Gasteiger partial charge >= 0.3 is 6.18 Å². The fourth-order valence-electron chi connectivity index (χ4n) is 1.63. The summed E-state index contributed by atoms with van der Waals surface area (Å²) in [4.78, 5) is 0. The highest BCUT2D eigenvalue weighted by Gasteiger charge is 2.34. The molecule has 0 radical (unpaired) electrons. The van der Waals surface area contributed by atoms with Crippen molar-refractivity contribution >= 4 is 15.9 Å².